The van der Waals surface area contributed by atoms with Crippen molar-refractivity contribution < 1.29 is 4.74 Å². The molecule has 0 rings (SSSR count). The molecule has 0 heterocycles. The molecule has 86 valence electrons. The van der Waals surface area contributed by atoms with E-state index in [-0.39, 0.29) is 0 Å². The molecule has 0 saturated heterocycles. The second kappa shape index (κ2) is 9.44. The SMILES string of the molecule is CCN(CC)CCOCN(CC)CC. The van der Waals surface area contributed by atoms with Gasteiger partial charge in [0, 0.05) is 6.54 Å². The summed E-state index contributed by atoms with van der Waals surface area (Å²) >= 11 is 0. The summed E-state index contributed by atoms with van der Waals surface area (Å²) in [5.74, 6) is 0. The van der Waals surface area contributed by atoms with Crippen molar-refractivity contribution in [2.75, 3.05) is 46.1 Å². The first-order chi connectivity index (χ1) is 6.78. The van der Waals surface area contributed by atoms with Gasteiger partial charge in [0.15, 0.2) is 0 Å². The van der Waals surface area contributed by atoms with Crippen molar-refractivity contribution in [3.05, 3.63) is 0 Å². The van der Waals surface area contributed by atoms with Crippen LogP contribution in [0.4, 0.5) is 0 Å². The molecule has 0 aliphatic heterocycles. The van der Waals surface area contributed by atoms with Crippen molar-refractivity contribution in [3.8, 4) is 0 Å². The smallest absolute Gasteiger partial charge is 0.0990 e. The largest absolute Gasteiger partial charge is 0.365 e. The molecule has 0 N–H and O–H groups in total. The van der Waals surface area contributed by atoms with Crippen LogP contribution in [0.3, 0.4) is 0 Å². The molecule has 3 nitrogen and oxygen atoms in total. The van der Waals surface area contributed by atoms with Gasteiger partial charge < -0.3 is 9.64 Å². The summed E-state index contributed by atoms with van der Waals surface area (Å²) in [6.45, 7) is 15.7. The van der Waals surface area contributed by atoms with Gasteiger partial charge >= 0.3 is 0 Å². The normalized spacial score (nSPS) is 11.6. The first kappa shape index (κ1) is 13.9. The van der Waals surface area contributed by atoms with Gasteiger partial charge in [0.25, 0.3) is 0 Å². The highest BCUT2D eigenvalue weighted by molar-refractivity contribution is 4.50. The molecule has 0 aromatic carbocycles. The standard InChI is InChI=1S/C11H26N2O/c1-5-12(6-2)9-10-14-11-13(7-3)8-4/h5-11H2,1-4H3. The fourth-order valence-corrected chi connectivity index (χ4v) is 1.33. The molecule has 0 saturated carbocycles. The van der Waals surface area contributed by atoms with Gasteiger partial charge in [-0.1, -0.05) is 27.7 Å². The Kier molecular flexibility index (Phi) is 9.35. The summed E-state index contributed by atoms with van der Waals surface area (Å²) in [6, 6.07) is 0. The summed E-state index contributed by atoms with van der Waals surface area (Å²) in [4.78, 5) is 4.66. The Balaban J connectivity index is 3.35. The van der Waals surface area contributed by atoms with Crippen LogP contribution < -0.4 is 0 Å². The maximum atomic E-state index is 5.60. The average Bonchev–Trinajstić information content (AvgIpc) is 2.24. The van der Waals surface area contributed by atoms with Gasteiger partial charge in [0.1, 0.15) is 0 Å². The Hall–Kier alpha value is -0.120. The van der Waals surface area contributed by atoms with E-state index in [9.17, 15) is 0 Å². The average molecular weight is 202 g/mol. The van der Waals surface area contributed by atoms with Crippen molar-refractivity contribution in [2.45, 2.75) is 27.7 Å². The van der Waals surface area contributed by atoms with Crippen LogP contribution in [0.15, 0.2) is 0 Å². The van der Waals surface area contributed by atoms with E-state index in [1.54, 1.807) is 0 Å². The predicted octanol–water partition coefficient (Wildman–Crippen LogP) is 1.64. The molecule has 3 heteroatoms. The first-order valence-corrected chi connectivity index (χ1v) is 5.80. The number of hydrogen-bond donors (Lipinski definition) is 0. The molecule has 0 aromatic rings. The van der Waals surface area contributed by atoms with Gasteiger partial charge in [-0.2, -0.15) is 0 Å². The third-order valence-corrected chi connectivity index (χ3v) is 2.61. The Morgan fingerprint density at radius 1 is 0.786 bits per heavy atom. The van der Waals surface area contributed by atoms with Crippen molar-refractivity contribution in [3.63, 3.8) is 0 Å². The van der Waals surface area contributed by atoms with Crippen LogP contribution in [0, 0.1) is 0 Å². The molecular weight excluding hydrogens is 176 g/mol. The monoisotopic (exact) mass is 202 g/mol. The van der Waals surface area contributed by atoms with Crippen LogP contribution in [0.25, 0.3) is 0 Å². The zero-order chi connectivity index (χ0) is 10.8. The van der Waals surface area contributed by atoms with E-state index in [0.29, 0.717) is 0 Å². The third kappa shape index (κ3) is 6.35. The van der Waals surface area contributed by atoms with Crippen molar-refractivity contribution in [1.82, 2.24) is 9.80 Å². The lowest BCUT2D eigenvalue weighted by molar-refractivity contribution is 0.0240. The molecule has 14 heavy (non-hydrogen) atoms. The van der Waals surface area contributed by atoms with E-state index in [1.165, 1.54) is 0 Å². The van der Waals surface area contributed by atoms with E-state index < -0.39 is 0 Å². The number of rotatable bonds is 9. The van der Waals surface area contributed by atoms with Gasteiger partial charge in [-0.25, -0.2) is 0 Å². The van der Waals surface area contributed by atoms with Crippen LogP contribution in [-0.4, -0.2) is 55.9 Å². The molecule has 0 atom stereocenters. The molecule has 0 fully saturated rings. The minimum atomic E-state index is 0.772. The summed E-state index contributed by atoms with van der Waals surface area (Å²) < 4.78 is 5.60. The van der Waals surface area contributed by atoms with Crippen molar-refractivity contribution in [1.29, 1.82) is 0 Å². The van der Waals surface area contributed by atoms with Gasteiger partial charge in [0.2, 0.25) is 0 Å². The maximum absolute atomic E-state index is 5.60. The van der Waals surface area contributed by atoms with E-state index >= 15 is 0 Å². The summed E-state index contributed by atoms with van der Waals surface area (Å²) in [5, 5.41) is 0. The lowest BCUT2D eigenvalue weighted by Gasteiger charge is -2.21. The van der Waals surface area contributed by atoms with Gasteiger partial charge in [-0.3, -0.25) is 4.90 Å². The summed E-state index contributed by atoms with van der Waals surface area (Å²) in [6.07, 6.45) is 0. The molecule has 0 aliphatic rings. The number of nitrogens with zero attached hydrogens (tertiary/aromatic N) is 2. The zero-order valence-corrected chi connectivity index (χ0v) is 10.3. The van der Waals surface area contributed by atoms with E-state index in [0.717, 1.165) is 46.1 Å². The minimum Gasteiger partial charge on any atom is -0.365 e. The molecule has 0 amide bonds. The highest BCUT2D eigenvalue weighted by atomic mass is 16.5. The second-order valence-corrected chi connectivity index (χ2v) is 3.37. The Morgan fingerprint density at radius 2 is 1.29 bits per heavy atom. The molecule has 0 aromatic heterocycles. The molecule has 0 aliphatic carbocycles. The maximum Gasteiger partial charge on any atom is 0.0990 e. The fourth-order valence-electron chi connectivity index (χ4n) is 1.33. The second-order valence-electron chi connectivity index (χ2n) is 3.37. The lowest BCUT2D eigenvalue weighted by atomic mass is 10.5. The van der Waals surface area contributed by atoms with Gasteiger partial charge in [-0.05, 0) is 26.2 Å². The third-order valence-electron chi connectivity index (χ3n) is 2.61. The lowest BCUT2D eigenvalue weighted by Crippen LogP contribution is -2.30. The molecule has 0 radical (unpaired) electrons. The Morgan fingerprint density at radius 3 is 1.71 bits per heavy atom. The summed E-state index contributed by atoms with van der Waals surface area (Å²) in [5.41, 5.74) is 0. The zero-order valence-electron chi connectivity index (χ0n) is 10.3. The van der Waals surface area contributed by atoms with E-state index in [2.05, 4.69) is 37.5 Å². The fraction of sp³-hybridized carbons (Fsp3) is 1.00. The van der Waals surface area contributed by atoms with Crippen molar-refractivity contribution in [2.24, 2.45) is 0 Å². The van der Waals surface area contributed by atoms with Crippen LogP contribution >= 0.6 is 0 Å². The number of hydrogen-bond acceptors (Lipinski definition) is 3. The van der Waals surface area contributed by atoms with Crippen LogP contribution in [-0.2, 0) is 4.74 Å². The minimum absolute atomic E-state index is 0.772. The number of ether oxygens (including phenoxy) is 1. The summed E-state index contributed by atoms with van der Waals surface area (Å²) in [7, 11) is 0. The molecule has 0 unspecified atom stereocenters. The Bertz CT molecular complexity index is 97.9. The van der Waals surface area contributed by atoms with E-state index in [4.69, 9.17) is 4.74 Å². The van der Waals surface area contributed by atoms with Crippen LogP contribution in [0.2, 0.25) is 0 Å². The molecule has 0 spiro atoms. The van der Waals surface area contributed by atoms with Gasteiger partial charge in [-0.15, -0.1) is 0 Å². The highest BCUT2D eigenvalue weighted by Gasteiger charge is 2.00. The molecule has 0 bridgehead atoms. The molecular formula is C11H26N2O. The van der Waals surface area contributed by atoms with Crippen LogP contribution in [0.5, 0.6) is 0 Å². The van der Waals surface area contributed by atoms with E-state index in [1.807, 2.05) is 0 Å². The van der Waals surface area contributed by atoms with Crippen molar-refractivity contribution >= 4 is 0 Å². The number of likely N-dealkylation sites (N-methyl/N-ethyl adjacent to an activating group) is 1. The Labute approximate surface area is 89.0 Å². The predicted molar refractivity (Wildman–Crippen MR) is 61.5 cm³/mol. The quantitative estimate of drug-likeness (QED) is 0.417. The topological polar surface area (TPSA) is 15.7 Å². The van der Waals surface area contributed by atoms with Crippen LogP contribution in [0.1, 0.15) is 27.7 Å². The first-order valence-electron chi connectivity index (χ1n) is 5.80. The van der Waals surface area contributed by atoms with Gasteiger partial charge in [0.05, 0.1) is 13.3 Å². The highest BCUT2D eigenvalue weighted by Crippen LogP contribution is 1.90.